The van der Waals surface area contributed by atoms with E-state index in [0.29, 0.717) is 37.5 Å². The lowest BCUT2D eigenvalue weighted by Gasteiger charge is -2.21. The Kier molecular flexibility index (Phi) is 67.1. The molecule has 17 nitrogen and oxygen atoms in total. The molecule has 0 heterocycles. The van der Waals surface area contributed by atoms with Gasteiger partial charge in [-0.2, -0.15) is 0 Å². The third-order valence-electron chi connectivity index (χ3n) is 18.5. The number of carbonyl (C=O) groups is 4. The number of aliphatic hydroxyl groups is 1. The molecule has 0 aliphatic heterocycles. The number of ether oxygens (including phenoxy) is 4. The summed E-state index contributed by atoms with van der Waals surface area (Å²) in [5.41, 5.74) is 0. The molecule has 3 N–H and O–H groups in total. The van der Waals surface area contributed by atoms with Gasteiger partial charge in [0, 0.05) is 25.7 Å². The van der Waals surface area contributed by atoms with Crippen LogP contribution in [0, 0.1) is 17.8 Å². The maximum atomic E-state index is 13.1. The monoisotopic (exact) mass is 1420 g/mol. The number of aliphatic hydroxyl groups excluding tert-OH is 1. The molecule has 0 fully saturated rings. The van der Waals surface area contributed by atoms with E-state index in [9.17, 15) is 43.2 Å². The van der Waals surface area contributed by atoms with Gasteiger partial charge in [-0.3, -0.25) is 37.3 Å². The lowest BCUT2D eigenvalue weighted by Crippen LogP contribution is -2.30. The third-order valence-corrected chi connectivity index (χ3v) is 20.4. The number of phosphoric acid groups is 2. The minimum atomic E-state index is -4.96. The average molecular weight is 1420 g/mol. The first kappa shape index (κ1) is 95.1. The summed E-state index contributed by atoms with van der Waals surface area (Å²) in [7, 11) is -9.91. The van der Waals surface area contributed by atoms with Gasteiger partial charge in [0.2, 0.25) is 0 Å². The van der Waals surface area contributed by atoms with Crippen LogP contribution >= 0.6 is 15.6 Å². The van der Waals surface area contributed by atoms with Gasteiger partial charge in [-0.15, -0.1) is 0 Å². The summed E-state index contributed by atoms with van der Waals surface area (Å²) in [6, 6.07) is 0. The van der Waals surface area contributed by atoms with Crippen molar-refractivity contribution in [2.45, 2.75) is 420 Å². The number of carbonyl (C=O) groups excluding carboxylic acids is 4. The highest BCUT2D eigenvalue weighted by molar-refractivity contribution is 7.47. The topological polar surface area (TPSA) is 237 Å². The second-order valence-electron chi connectivity index (χ2n) is 29.3. The minimum Gasteiger partial charge on any atom is -0.462 e. The molecule has 97 heavy (non-hydrogen) atoms. The van der Waals surface area contributed by atoms with Gasteiger partial charge in [0.15, 0.2) is 12.2 Å². The zero-order valence-corrected chi connectivity index (χ0v) is 65.3. The van der Waals surface area contributed by atoms with Crippen LogP contribution in [0.4, 0.5) is 0 Å². The number of hydrogen-bond acceptors (Lipinski definition) is 15. The van der Waals surface area contributed by atoms with Gasteiger partial charge in [0.25, 0.3) is 0 Å². The fraction of sp³-hybridized carbons (Fsp3) is 0.949. The molecule has 0 aromatic rings. The first-order valence-electron chi connectivity index (χ1n) is 40.4. The Labute approximate surface area is 594 Å². The second kappa shape index (κ2) is 68.5. The molecule has 0 aromatic carbocycles. The minimum absolute atomic E-state index is 0.101. The van der Waals surface area contributed by atoms with Crippen LogP contribution in [0.2, 0.25) is 0 Å². The smallest absolute Gasteiger partial charge is 0.462 e. The maximum absolute atomic E-state index is 13.1. The molecule has 0 aromatic heterocycles. The van der Waals surface area contributed by atoms with Crippen molar-refractivity contribution in [3.63, 3.8) is 0 Å². The fourth-order valence-electron chi connectivity index (χ4n) is 11.9. The van der Waals surface area contributed by atoms with E-state index >= 15 is 0 Å². The van der Waals surface area contributed by atoms with Gasteiger partial charge >= 0.3 is 39.5 Å². The van der Waals surface area contributed by atoms with Crippen molar-refractivity contribution in [2.75, 3.05) is 39.6 Å². The van der Waals surface area contributed by atoms with E-state index < -0.39 is 97.5 Å². The molecule has 0 rings (SSSR count). The fourth-order valence-corrected chi connectivity index (χ4v) is 13.5. The molecule has 0 saturated heterocycles. The molecule has 0 spiro atoms. The summed E-state index contributed by atoms with van der Waals surface area (Å²) in [6.07, 6.45) is 56.0. The van der Waals surface area contributed by atoms with Crippen molar-refractivity contribution >= 4 is 39.5 Å². The summed E-state index contributed by atoms with van der Waals surface area (Å²) in [5, 5.41) is 10.6. The first-order chi connectivity index (χ1) is 46.8. The Morgan fingerprint density at radius 2 is 0.526 bits per heavy atom. The van der Waals surface area contributed by atoms with E-state index in [4.69, 9.17) is 37.0 Å². The van der Waals surface area contributed by atoms with Crippen molar-refractivity contribution in [3.8, 4) is 0 Å². The normalized spacial score (nSPS) is 14.3. The summed E-state index contributed by atoms with van der Waals surface area (Å²) >= 11 is 0. The zero-order valence-electron chi connectivity index (χ0n) is 63.5. The van der Waals surface area contributed by atoms with Crippen molar-refractivity contribution in [1.29, 1.82) is 0 Å². The summed E-state index contributed by atoms with van der Waals surface area (Å²) in [4.78, 5) is 72.7. The number of hydrogen-bond donors (Lipinski definition) is 3. The highest BCUT2D eigenvalue weighted by atomic mass is 31.2. The lowest BCUT2D eigenvalue weighted by molar-refractivity contribution is -0.161. The summed E-state index contributed by atoms with van der Waals surface area (Å²) in [6.45, 7) is 11.8. The van der Waals surface area contributed by atoms with Crippen LogP contribution in [-0.2, 0) is 65.4 Å². The molecule has 0 bridgehead atoms. The predicted octanol–water partition coefficient (Wildman–Crippen LogP) is 23.0. The van der Waals surface area contributed by atoms with Crippen molar-refractivity contribution in [2.24, 2.45) is 17.8 Å². The van der Waals surface area contributed by atoms with E-state index in [1.165, 1.54) is 205 Å². The van der Waals surface area contributed by atoms with E-state index in [1.807, 2.05) is 0 Å². The van der Waals surface area contributed by atoms with Gasteiger partial charge in [0.1, 0.15) is 19.3 Å². The van der Waals surface area contributed by atoms with Crippen LogP contribution in [0.25, 0.3) is 0 Å². The largest absolute Gasteiger partial charge is 0.472 e. The molecule has 0 amide bonds. The second-order valence-corrected chi connectivity index (χ2v) is 32.2. The highest BCUT2D eigenvalue weighted by Gasteiger charge is 2.30. The number of esters is 4. The van der Waals surface area contributed by atoms with Crippen LogP contribution in [0.3, 0.4) is 0 Å². The maximum Gasteiger partial charge on any atom is 0.472 e. The summed E-state index contributed by atoms with van der Waals surface area (Å²) < 4.78 is 68.5. The first-order valence-corrected chi connectivity index (χ1v) is 43.4. The van der Waals surface area contributed by atoms with E-state index in [1.54, 1.807) is 0 Å². The molecule has 6 atom stereocenters. The molecule has 0 saturated carbocycles. The van der Waals surface area contributed by atoms with Crippen LogP contribution in [0.15, 0.2) is 0 Å². The van der Waals surface area contributed by atoms with Gasteiger partial charge in [0.05, 0.1) is 26.4 Å². The molecule has 0 aliphatic rings. The Morgan fingerprint density at radius 3 is 0.784 bits per heavy atom. The molecular formula is C78H152O17P2. The Morgan fingerprint density at radius 1 is 0.299 bits per heavy atom. The standard InChI is InChI=1S/C78H152O17P2/c1-8-10-11-12-13-14-15-16-17-18-19-20-21-22-23-28-31-34-37-47-54-61-77(82)94-73(65-88-75(80)59-52-45-36-33-30-27-25-24-26-29-32-35-44-51-58-71(7)9-2)67-92-96(84,85)90-63-72(79)64-91-97(86,87)93-68-74(95-78(83)62-55-48-41-39-43-50-57-70(5)6)66-89-76(81)60-53-46-40-38-42-49-56-69(3)4/h69-74,79H,8-68H2,1-7H3,(H,84,85)(H,86,87)/t71?,72-,73-,74-/m1/s1. The Bertz CT molecular complexity index is 1890. The Balaban J connectivity index is 5.17. The molecule has 0 aliphatic carbocycles. The van der Waals surface area contributed by atoms with Crippen LogP contribution in [0.5, 0.6) is 0 Å². The number of unbranched alkanes of at least 4 members (excludes halogenated alkanes) is 43. The van der Waals surface area contributed by atoms with E-state index in [0.717, 1.165) is 102 Å². The van der Waals surface area contributed by atoms with Gasteiger partial charge in [-0.25, -0.2) is 9.13 Å². The predicted molar refractivity (Wildman–Crippen MR) is 395 cm³/mol. The quantitative estimate of drug-likeness (QED) is 0.0222. The third kappa shape index (κ3) is 70.9. The van der Waals surface area contributed by atoms with Crippen LogP contribution < -0.4 is 0 Å². The zero-order chi connectivity index (χ0) is 71.6. The molecule has 576 valence electrons. The number of rotatable bonds is 76. The van der Waals surface area contributed by atoms with Gasteiger partial charge < -0.3 is 33.8 Å². The highest BCUT2D eigenvalue weighted by Crippen LogP contribution is 2.45. The SMILES string of the molecule is CCCCCCCCCCCCCCCCCCCCCCCC(=O)O[C@H](COC(=O)CCCCCCCCCCCCCCCCC(C)CC)COP(=O)(O)OC[C@@H](O)COP(=O)(O)OC[C@@H](COC(=O)CCCCCCCCC(C)C)OC(=O)CCCCCCCCC(C)C. The Hall–Kier alpha value is -1.94. The van der Waals surface area contributed by atoms with Gasteiger partial charge in [-0.1, -0.05) is 350 Å². The van der Waals surface area contributed by atoms with E-state index in [-0.39, 0.29) is 25.7 Å². The molecule has 3 unspecified atom stereocenters. The van der Waals surface area contributed by atoms with Crippen molar-refractivity contribution in [3.05, 3.63) is 0 Å². The van der Waals surface area contributed by atoms with Crippen molar-refractivity contribution in [1.82, 2.24) is 0 Å². The van der Waals surface area contributed by atoms with Crippen LogP contribution in [0.1, 0.15) is 402 Å². The summed E-state index contributed by atoms with van der Waals surface area (Å²) in [5.74, 6) is 0.0748. The lowest BCUT2D eigenvalue weighted by atomic mass is 9.99. The number of phosphoric ester groups is 2. The van der Waals surface area contributed by atoms with Crippen molar-refractivity contribution < 1.29 is 80.2 Å². The molecular weight excluding hydrogens is 1270 g/mol. The van der Waals surface area contributed by atoms with Gasteiger partial charge in [-0.05, 0) is 43.4 Å². The average Bonchev–Trinajstić information content (AvgIpc) is 1.50. The molecule has 19 heteroatoms. The molecule has 0 radical (unpaired) electrons. The van der Waals surface area contributed by atoms with E-state index in [2.05, 4.69) is 48.5 Å². The van der Waals surface area contributed by atoms with Crippen LogP contribution in [-0.4, -0.2) is 96.7 Å².